The van der Waals surface area contributed by atoms with E-state index < -0.39 is 0 Å². The number of aliphatic imine (C=N–C) groups is 2. The largest absolute Gasteiger partial charge is 0.353 e. The SMILES string of the molecule is CN1CCN(C2=Nc3cc(Cl)ccc3N(NC(=O)CCCCC(=O)NN3c4ccc(Cl)cc4N=C(N4CCN(C)CC4)c4ccccc43)c3ccccc32)CC1. The van der Waals surface area contributed by atoms with Gasteiger partial charge in [-0.05, 0) is 87.6 Å². The summed E-state index contributed by atoms with van der Waals surface area (Å²) in [6.45, 7) is 7.10. The molecule has 12 nitrogen and oxygen atoms in total. The van der Waals surface area contributed by atoms with Gasteiger partial charge in [-0.3, -0.25) is 30.5 Å². The van der Waals surface area contributed by atoms with E-state index in [0.29, 0.717) is 34.3 Å². The zero-order valence-corrected chi connectivity index (χ0v) is 33.2. The highest BCUT2D eigenvalue weighted by Crippen LogP contribution is 2.42. The summed E-state index contributed by atoms with van der Waals surface area (Å²) < 4.78 is 0. The Hall–Kier alpha value is -5.14. The van der Waals surface area contributed by atoms with Crippen molar-refractivity contribution in [3.8, 4) is 0 Å². The highest BCUT2D eigenvalue weighted by molar-refractivity contribution is 6.31. The first-order valence-corrected chi connectivity index (χ1v) is 20.0. The highest BCUT2D eigenvalue weighted by atomic mass is 35.5. The second-order valence-electron chi connectivity index (χ2n) is 14.7. The first-order chi connectivity index (χ1) is 27.2. The summed E-state index contributed by atoms with van der Waals surface area (Å²) in [5.74, 6) is 1.40. The van der Waals surface area contributed by atoms with Gasteiger partial charge in [0.1, 0.15) is 11.7 Å². The van der Waals surface area contributed by atoms with Crippen molar-refractivity contribution in [1.82, 2.24) is 30.5 Å². The minimum absolute atomic E-state index is 0.162. The van der Waals surface area contributed by atoms with E-state index in [9.17, 15) is 9.59 Å². The van der Waals surface area contributed by atoms with Crippen molar-refractivity contribution in [2.75, 3.05) is 76.5 Å². The molecule has 4 aromatic rings. The van der Waals surface area contributed by atoms with Gasteiger partial charge in [0.05, 0.1) is 34.1 Å². The number of fused-ring (bicyclic) bond motifs is 4. The van der Waals surface area contributed by atoms with Gasteiger partial charge in [0.2, 0.25) is 11.8 Å². The lowest BCUT2D eigenvalue weighted by Gasteiger charge is -2.35. The van der Waals surface area contributed by atoms with E-state index in [4.69, 9.17) is 33.2 Å². The molecule has 0 unspecified atom stereocenters. The molecule has 2 saturated heterocycles. The molecular weight excluding hydrogens is 747 g/mol. The van der Waals surface area contributed by atoms with Gasteiger partial charge in [0.15, 0.2) is 0 Å². The van der Waals surface area contributed by atoms with Crippen LogP contribution in [0.15, 0.2) is 94.9 Å². The molecule has 4 aliphatic heterocycles. The number of carbonyl (C=O) groups is 2. The Morgan fingerprint density at radius 1 is 0.554 bits per heavy atom. The average molecular weight is 794 g/mol. The topological polar surface area (TPSA) is 102 Å². The van der Waals surface area contributed by atoms with E-state index in [0.717, 1.165) is 97.9 Å². The van der Waals surface area contributed by atoms with Crippen molar-refractivity contribution in [3.05, 3.63) is 106 Å². The number of carbonyl (C=O) groups excluding carboxylic acids is 2. The number of halogens is 2. The predicted molar refractivity (Wildman–Crippen MR) is 225 cm³/mol. The number of piperazine rings is 2. The number of hydrazine groups is 2. The molecular formula is C42H46Cl2N10O2. The zero-order chi connectivity index (χ0) is 38.8. The number of para-hydroxylation sites is 2. The number of benzene rings is 4. The lowest BCUT2D eigenvalue weighted by Crippen LogP contribution is -2.47. The van der Waals surface area contributed by atoms with E-state index in [2.05, 4.69) is 44.5 Å². The van der Waals surface area contributed by atoms with Crippen LogP contribution in [0.2, 0.25) is 10.0 Å². The van der Waals surface area contributed by atoms with Crippen molar-refractivity contribution < 1.29 is 9.59 Å². The third kappa shape index (κ3) is 8.06. The summed E-state index contributed by atoms with van der Waals surface area (Å²) in [6.07, 6.45) is 1.50. The summed E-state index contributed by atoms with van der Waals surface area (Å²) in [6, 6.07) is 27.1. The third-order valence-electron chi connectivity index (χ3n) is 10.7. The second-order valence-corrected chi connectivity index (χ2v) is 15.6. The smallest absolute Gasteiger partial charge is 0.238 e. The van der Waals surface area contributed by atoms with Crippen molar-refractivity contribution in [2.24, 2.45) is 9.98 Å². The molecule has 0 saturated carbocycles. The fraction of sp³-hybridized carbons (Fsp3) is 0.333. The van der Waals surface area contributed by atoms with Crippen molar-refractivity contribution in [3.63, 3.8) is 0 Å². The molecule has 4 heterocycles. The fourth-order valence-corrected chi connectivity index (χ4v) is 7.90. The first-order valence-electron chi connectivity index (χ1n) is 19.2. The zero-order valence-electron chi connectivity index (χ0n) is 31.7. The monoisotopic (exact) mass is 792 g/mol. The lowest BCUT2D eigenvalue weighted by atomic mass is 10.1. The highest BCUT2D eigenvalue weighted by Gasteiger charge is 2.30. The Morgan fingerprint density at radius 2 is 0.946 bits per heavy atom. The Kier molecular flexibility index (Phi) is 11.1. The summed E-state index contributed by atoms with van der Waals surface area (Å²) in [5.41, 5.74) is 12.7. The summed E-state index contributed by atoms with van der Waals surface area (Å²) in [5, 5.41) is 4.78. The van der Waals surface area contributed by atoms with E-state index in [1.54, 1.807) is 0 Å². The van der Waals surface area contributed by atoms with Crippen LogP contribution in [0.1, 0.15) is 36.8 Å². The van der Waals surface area contributed by atoms with Crippen LogP contribution in [0, 0.1) is 0 Å². The van der Waals surface area contributed by atoms with Gasteiger partial charge in [-0.25, -0.2) is 9.98 Å². The Labute approximate surface area is 337 Å². The first kappa shape index (κ1) is 37.8. The number of unbranched alkanes of at least 4 members (excludes halogenated alkanes) is 1. The number of amidine groups is 2. The number of nitrogens with one attached hydrogen (secondary N) is 2. The van der Waals surface area contributed by atoms with Crippen molar-refractivity contribution >= 4 is 80.8 Å². The maximum atomic E-state index is 13.6. The molecule has 2 amide bonds. The van der Waals surface area contributed by atoms with Crippen LogP contribution in [0.25, 0.3) is 0 Å². The van der Waals surface area contributed by atoms with E-state index in [-0.39, 0.29) is 24.7 Å². The molecule has 8 rings (SSSR count). The molecule has 56 heavy (non-hydrogen) atoms. The average Bonchev–Trinajstić information content (AvgIpc) is 3.41. The summed E-state index contributed by atoms with van der Waals surface area (Å²) >= 11 is 13.0. The van der Waals surface area contributed by atoms with Crippen LogP contribution in [0.4, 0.5) is 34.1 Å². The third-order valence-corrected chi connectivity index (χ3v) is 11.2. The van der Waals surface area contributed by atoms with Crippen LogP contribution in [-0.2, 0) is 9.59 Å². The van der Waals surface area contributed by atoms with Gasteiger partial charge < -0.3 is 19.6 Å². The van der Waals surface area contributed by atoms with E-state index in [1.807, 2.05) is 94.9 Å². The van der Waals surface area contributed by atoms with Crippen LogP contribution in [-0.4, -0.2) is 110 Å². The summed E-state index contributed by atoms with van der Waals surface area (Å²) in [7, 11) is 4.26. The van der Waals surface area contributed by atoms with Gasteiger partial charge in [-0.15, -0.1) is 0 Å². The number of hydrogen-bond donors (Lipinski definition) is 2. The minimum atomic E-state index is -0.162. The molecule has 290 valence electrons. The van der Waals surface area contributed by atoms with E-state index in [1.165, 1.54) is 0 Å². The van der Waals surface area contributed by atoms with Gasteiger partial charge in [-0.2, -0.15) is 0 Å². The Balaban J connectivity index is 0.944. The van der Waals surface area contributed by atoms with E-state index >= 15 is 0 Å². The normalized spacial score (nSPS) is 17.1. The van der Waals surface area contributed by atoms with Gasteiger partial charge in [0, 0.05) is 86.4 Å². The number of rotatable bonds is 7. The molecule has 2 fully saturated rings. The Morgan fingerprint density at radius 3 is 1.36 bits per heavy atom. The molecule has 14 heteroatoms. The molecule has 0 aromatic heterocycles. The predicted octanol–water partition coefficient (Wildman–Crippen LogP) is 6.87. The Bertz CT molecular complexity index is 2030. The number of likely N-dealkylation sites (N-methyl/N-ethyl adjacent to an activating group) is 2. The maximum Gasteiger partial charge on any atom is 0.238 e. The fourth-order valence-electron chi connectivity index (χ4n) is 7.57. The van der Waals surface area contributed by atoms with Crippen molar-refractivity contribution in [2.45, 2.75) is 25.7 Å². The molecule has 0 radical (unpaired) electrons. The van der Waals surface area contributed by atoms with Gasteiger partial charge in [-0.1, -0.05) is 47.5 Å². The quantitative estimate of drug-likeness (QED) is 0.196. The number of hydrogen-bond acceptors (Lipinski definition) is 10. The van der Waals surface area contributed by atoms with Crippen molar-refractivity contribution in [1.29, 1.82) is 0 Å². The maximum absolute atomic E-state index is 13.6. The van der Waals surface area contributed by atoms with Gasteiger partial charge in [0.25, 0.3) is 0 Å². The standard InChI is InChI=1S/C42H46Cl2N10O2/c1-49-19-23-51(24-20-49)41-31-9-3-5-11-35(31)53(37-17-15-29(43)27-33(37)45-41)47-39(55)13-7-8-14-40(56)48-54-36-12-6-4-10-32(36)42(52-25-21-50(2)22-26-52)46-34-28-30(44)16-18-38(34)54/h3-6,9-12,15-18,27-28H,7-8,13-14,19-26H2,1-2H3,(H,47,55)(H,48,56). The number of anilines is 4. The number of amides is 2. The van der Waals surface area contributed by atoms with Crippen LogP contribution < -0.4 is 20.9 Å². The molecule has 4 aliphatic rings. The minimum Gasteiger partial charge on any atom is -0.353 e. The lowest BCUT2D eigenvalue weighted by molar-refractivity contribution is -0.123. The van der Waals surface area contributed by atoms with Crippen LogP contribution >= 0.6 is 23.2 Å². The van der Waals surface area contributed by atoms with Crippen LogP contribution in [0.5, 0.6) is 0 Å². The van der Waals surface area contributed by atoms with Gasteiger partial charge >= 0.3 is 0 Å². The molecule has 4 aromatic carbocycles. The molecule has 0 atom stereocenters. The molecule has 2 N–H and O–H groups in total. The molecule has 0 spiro atoms. The molecule has 0 bridgehead atoms. The number of nitrogens with zero attached hydrogens (tertiary/aromatic N) is 8. The van der Waals surface area contributed by atoms with Crippen LogP contribution in [0.3, 0.4) is 0 Å². The molecule has 0 aliphatic carbocycles. The summed E-state index contributed by atoms with van der Waals surface area (Å²) in [4.78, 5) is 46.8. The second kappa shape index (κ2) is 16.5.